The average Bonchev–Trinajstić information content (AvgIpc) is 2.23. The first-order valence-electron chi connectivity index (χ1n) is 6.13. The van der Waals surface area contributed by atoms with Crippen molar-refractivity contribution in [1.82, 2.24) is 5.32 Å². The summed E-state index contributed by atoms with van der Waals surface area (Å²) < 4.78 is 0. The van der Waals surface area contributed by atoms with Crippen LogP contribution in [0.5, 0.6) is 0 Å². The molecule has 0 rings (SSSR count). The van der Waals surface area contributed by atoms with Crippen LogP contribution in [0.2, 0.25) is 0 Å². The number of nitrogens with two attached hydrogens (primary N) is 1. The SMILES string of the molecule is CCC(CCN)CCC(=O)NC(C)CC. The minimum absolute atomic E-state index is 0.180. The number of carbonyl (C=O) groups excluding carboxylic acids is 1. The zero-order valence-corrected chi connectivity index (χ0v) is 10.4. The van der Waals surface area contributed by atoms with Gasteiger partial charge in [0.05, 0.1) is 0 Å². The number of rotatable bonds is 8. The van der Waals surface area contributed by atoms with E-state index in [0.29, 0.717) is 18.4 Å². The first-order valence-corrected chi connectivity index (χ1v) is 6.13. The molecule has 0 aliphatic carbocycles. The summed E-state index contributed by atoms with van der Waals surface area (Å²) in [5, 5.41) is 2.98. The third-order valence-electron chi connectivity index (χ3n) is 2.95. The standard InChI is InChI=1S/C12H26N2O/c1-4-10(3)14-12(15)7-6-11(5-2)8-9-13/h10-11H,4-9,13H2,1-3H3,(H,14,15). The molecule has 0 spiro atoms. The van der Waals surface area contributed by atoms with Crippen LogP contribution in [0.25, 0.3) is 0 Å². The lowest BCUT2D eigenvalue weighted by Gasteiger charge is -2.15. The van der Waals surface area contributed by atoms with Crippen LogP contribution >= 0.6 is 0 Å². The third-order valence-corrected chi connectivity index (χ3v) is 2.95. The van der Waals surface area contributed by atoms with Gasteiger partial charge in [-0.25, -0.2) is 0 Å². The molecule has 2 unspecified atom stereocenters. The predicted octanol–water partition coefficient (Wildman–Crippen LogP) is 2.06. The second-order valence-corrected chi connectivity index (χ2v) is 4.27. The third kappa shape index (κ3) is 7.37. The topological polar surface area (TPSA) is 55.1 Å². The van der Waals surface area contributed by atoms with Gasteiger partial charge in [-0.1, -0.05) is 20.3 Å². The fraction of sp³-hybridized carbons (Fsp3) is 0.917. The highest BCUT2D eigenvalue weighted by molar-refractivity contribution is 5.76. The fourth-order valence-corrected chi connectivity index (χ4v) is 1.57. The summed E-state index contributed by atoms with van der Waals surface area (Å²) in [6.07, 6.45) is 4.76. The van der Waals surface area contributed by atoms with E-state index in [9.17, 15) is 4.79 Å². The van der Waals surface area contributed by atoms with Crippen LogP contribution in [-0.2, 0) is 4.79 Å². The van der Waals surface area contributed by atoms with Gasteiger partial charge in [-0.05, 0) is 38.6 Å². The van der Waals surface area contributed by atoms with E-state index in [-0.39, 0.29) is 5.91 Å². The minimum Gasteiger partial charge on any atom is -0.354 e. The van der Waals surface area contributed by atoms with Crippen LogP contribution in [0.3, 0.4) is 0 Å². The smallest absolute Gasteiger partial charge is 0.220 e. The Labute approximate surface area is 93.8 Å². The highest BCUT2D eigenvalue weighted by Crippen LogP contribution is 2.14. The number of hydrogen-bond donors (Lipinski definition) is 2. The van der Waals surface area contributed by atoms with E-state index in [1.165, 1.54) is 0 Å². The number of carbonyl (C=O) groups is 1. The van der Waals surface area contributed by atoms with Gasteiger partial charge in [0.1, 0.15) is 0 Å². The summed E-state index contributed by atoms with van der Waals surface area (Å²) in [7, 11) is 0. The van der Waals surface area contributed by atoms with Crippen molar-refractivity contribution in [3.63, 3.8) is 0 Å². The van der Waals surface area contributed by atoms with Crippen molar-refractivity contribution < 1.29 is 4.79 Å². The molecule has 0 fully saturated rings. The highest BCUT2D eigenvalue weighted by Gasteiger charge is 2.10. The van der Waals surface area contributed by atoms with Crippen LogP contribution in [0.15, 0.2) is 0 Å². The summed E-state index contributed by atoms with van der Waals surface area (Å²) in [6.45, 7) is 7.00. The molecule has 0 heterocycles. The molecule has 0 aliphatic rings. The molecule has 0 aromatic carbocycles. The van der Waals surface area contributed by atoms with Gasteiger partial charge in [0.25, 0.3) is 0 Å². The van der Waals surface area contributed by atoms with Crippen molar-refractivity contribution in [1.29, 1.82) is 0 Å². The quantitative estimate of drug-likeness (QED) is 0.650. The van der Waals surface area contributed by atoms with Crippen molar-refractivity contribution in [3.05, 3.63) is 0 Å². The van der Waals surface area contributed by atoms with E-state index >= 15 is 0 Å². The van der Waals surface area contributed by atoms with Crippen LogP contribution in [0, 0.1) is 5.92 Å². The zero-order chi connectivity index (χ0) is 11.7. The second kappa shape index (κ2) is 8.72. The summed E-state index contributed by atoms with van der Waals surface area (Å²) in [6, 6.07) is 0.298. The maximum atomic E-state index is 11.5. The van der Waals surface area contributed by atoms with Gasteiger partial charge < -0.3 is 11.1 Å². The summed E-state index contributed by atoms with van der Waals surface area (Å²) in [5.74, 6) is 0.789. The Balaban J connectivity index is 3.68. The van der Waals surface area contributed by atoms with E-state index in [4.69, 9.17) is 5.73 Å². The molecule has 0 radical (unpaired) electrons. The molecule has 0 bridgehead atoms. The molecule has 1 amide bonds. The summed E-state index contributed by atoms with van der Waals surface area (Å²) in [4.78, 5) is 11.5. The van der Waals surface area contributed by atoms with Crippen LogP contribution in [-0.4, -0.2) is 18.5 Å². The lowest BCUT2D eigenvalue weighted by molar-refractivity contribution is -0.122. The van der Waals surface area contributed by atoms with Crippen molar-refractivity contribution in [2.75, 3.05) is 6.54 Å². The van der Waals surface area contributed by atoms with Crippen molar-refractivity contribution >= 4 is 5.91 Å². The maximum absolute atomic E-state index is 11.5. The first kappa shape index (κ1) is 14.4. The van der Waals surface area contributed by atoms with Gasteiger partial charge in [-0.2, -0.15) is 0 Å². The molecule has 0 aliphatic heterocycles. The second-order valence-electron chi connectivity index (χ2n) is 4.27. The Hall–Kier alpha value is -0.570. The summed E-state index contributed by atoms with van der Waals surface area (Å²) >= 11 is 0. The lowest BCUT2D eigenvalue weighted by atomic mass is 9.96. The predicted molar refractivity (Wildman–Crippen MR) is 64.6 cm³/mol. The zero-order valence-electron chi connectivity index (χ0n) is 10.4. The molecule has 90 valence electrons. The summed E-state index contributed by atoms with van der Waals surface area (Å²) in [5.41, 5.74) is 5.51. The lowest BCUT2D eigenvalue weighted by Crippen LogP contribution is -2.32. The van der Waals surface area contributed by atoms with Crippen molar-refractivity contribution in [2.24, 2.45) is 11.7 Å². The monoisotopic (exact) mass is 214 g/mol. The Bertz CT molecular complexity index is 171. The van der Waals surface area contributed by atoms with Crippen LogP contribution in [0.1, 0.15) is 52.9 Å². The molecule has 15 heavy (non-hydrogen) atoms. The van der Waals surface area contributed by atoms with Gasteiger partial charge in [0, 0.05) is 12.5 Å². The van der Waals surface area contributed by atoms with Gasteiger partial charge in [-0.3, -0.25) is 4.79 Å². The van der Waals surface area contributed by atoms with Gasteiger partial charge in [-0.15, -0.1) is 0 Å². The molecule has 0 aromatic rings. The molecule has 2 atom stereocenters. The van der Waals surface area contributed by atoms with E-state index in [1.54, 1.807) is 0 Å². The van der Waals surface area contributed by atoms with E-state index in [1.807, 2.05) is 6.92 Å². The van der Waals surface area contributed by atoms with E-state index in [0.717, 1.165) is 32.2 Å². The number of nitrogens with one attached hydrogen (secondary N) is 1. The van der Waals surface area contributed by atoms with Gasteiger partial charge in [0.2, 0.25) is 5.91 Å². The molecule has 0 saturated carbocycles. The van der Waals surface area contributed by atoms with Crippen molar-refractivity contribution in [2.45, 2.75) is 58.9 Å². The van der Waals surface area contributed by atoms with E-state index in [2.05, 4.69) is 19.2 Å². The minimum atomic E-state index is 0.180. The first-order chi connectivity index (χ1) is 7.13. The van der Waals surface area contributed by atoms with Crippen LogP contribution < -0.4 is 11.1 Å². The maximum Gasteiger partial charge on any atom is 0.220 e. The number of hydrogen-bond acceptors (Lipinski definition) is 2. The Morgan fingerprint density at radius 3 is 2.40 bits per heavy atom. The Kier molecular flexibility index (Phi) is 8.38. The number of amides is 1. The molecule has 3 heteroatoms. The molecule has 3 nitrogen and oxygen atoms in total. The van der Waals surface area contributed by atoms with Crippen LogP contribution in [0.4, 0.5) is 0 Å². The Morgan fingerprint density at radius 1 is 1.27 bits per heavy atom. The van der Waals surface area contributed by atoms with Gasteiger partial charge in [0.15, 0.2) is 0 Å². The molecular weight excluding hydrogens is 188 g/mol. The molecular formula is C12H26N2O. The molecule has 3 N–H and O–H groups in total. The van der Waals surface area contributed by atoms with E-state index < -0.39 is 0 Å². The average molecular weight is 214 g/mol. The highest BCUT2D eigenvalue weighted by atomic mass is 16.1. The van der Waals surface area contributed by atoms with Crippen molar-refractivity contribution in [3.8, 4) is 0 Å². The van der Waals surface area contributed by atoms with Gasteiger partial charge >= 0.3 is 0 Å². The molecule has 0 aromatic heterocycles. The molecule has 0 saturated heterocycles. The fourth-order valence-electron chi connectivity index (χ4n) is 1.57. The normalized spacial score (nSPS) is 14.7. The largest absolute Gasteiger partial charge is 0.354 e. The Morgan fingerprint density at radius 2 is 1.93 bits per heavy atom.